The predicted octanol–water partition coefficient (Wildman–Crippen LogP) is 2.22. The van der Waals surface area contributed by atoms with Crippen LogP contribution in [0.2, 0.25) is 0 Å². The Balaban J connectivity index is 2.47. The first-order chi connectivity index (χ1) is 6.77. The average Bonchev–Trinajstić information content (AvgIpc) is 2.67. The quantitative estimate of drug-likeness (QED) is 0.788. The van der Waals surface area contributed by atoms with Crippen LogP contribution in [0.3, 0.4) is 0 Å². The van der Waals surface area contributed by atoms with Crippen molar-refractivity contribution in [2.45, 2.75) is 32.4 Å². The molecule has 0 aromatic carbocycles. The lowest BCUT2D eigenvalue weighted by Crippen LogP contribution is -2.33. The molecule has 0 radical (unpaired) electrons. The summed E-state index contributed by atoms with van der Waals surface area (Å²) in [4.78, 5) is 4.32. The Morgan fingerprint density at radius 2 is 2.43 bits per heavy atom. The van der Waals surface area contributed by atoms with E-state index < -0.39 is 0 Å². The Morgan fingerprint density at radius 3 is 2.93 bits per heavy atom. The number of ether oxygens (including phenoxy) is 1. The van der Waals surface area contributed by atoms with Gasteiger partial charge in [0.25, 0.3) is 0 Å². The molecule has 0 bridgehead atoms. The molecule has 0 aliphatic heterocycles. The van der Waals surface area contributed by atoms with Gasteiger partial charge in [-0.25, -0.2) is 4.98 Å². The average molecular weight is 214 g/mol. The highest BCUT2D eigenvalue weighted by Crippen LogP contribution is 2.19. The third kappa shape index (κ3) is 3.36. The van der Waals surface area contributed by atoms with Crippen LogP contribution in [-0.2, 0) is 4.74 Å². The second-order valence-electron chi connectivity index (χ2n) is 3.35. The number of nitrogens with zero attached hydrogens (tertiary/aromatic N) is 1. The van der Waals surface area contributed by atoms with Crippen LogP contribution in [-0.4, -0.2) is 24.7 Å². The molecule has 1 aromatic rings. The molecule has 1 N–H and O–H groups in total. The van der Waals surface area contributed by atoms with Crippen LogP contribution >= 0.6 is 11.3 Å². The molecule has 0 fully saturated rings. The molecule has 0 saturated carbocycles. The Kier molecular flexibility index (Phi) is 5.07. The molecular weight excluding hydrogens is 196 g/mol. The lowest BCUT2D eigenvalue weighted by Gasteiger charge is -2.19. The van der Waals surface area contributed by atoms with Gasteiger partial charge in [0.15, 0.2) is 0 Å². The molecule has 80 valence electrons. The number of hydrogen-bond donors (Lipinski definition) is 1. The highest BCUT2D eigenvalue weighted by Gasteiger charge is 2.13. The lowest BCUT2D eigenvalue weighted by atomic mass is 10.2. The summed E-state index contributed by atoms with van der Waals surface area (Å²) in [6.07, 6.45) is 2.91. The molecule has 0 saturated heterocycles. The summed E-state index contributed by atoms with van der Waals surface area (Å²) < 4.78 is 5.09. The number of nitrogens with one attached hydrogen (secondary N) is 1. The molecule has 0 aliphatic rings. The summed E-state index contributed by atoms with van der Waals surface area (Å²) in [7, 11) is 1.72. The Bertz CT molecular complexity index is 238. The molecule has 0 spiro atoms. The van der Waals surface area contributed by atoms with Crippen molar-refractivity contribution in [3.63, 3.8) is 0 Å². The minimum atomic E-state index is 0.361. The number of aromatic nitrogens is 1. The molecule has 0 amide bonds. The van der Waals surface area contributed by atoms with Crippen LogP contribution in [0.4, 0.5) is 0 Å². The summed E-state index contributed by atoms with van der Waals surface area (Å²) in [5.41, 5.74) is 0. The van der Waals surface area contributed by atoms with Crippen molar-refractivity contribution in [3.05, 3.63) is 16.6 Å². The van der Waals surface area contributed by atoms with E-state index >= 15 is 0 Å². The largest absolute Gasteiger partial charge is 0.383 e. The molecule has 0 aliphatic carbocycles. The highest BCUT2D eigenvalue weighted by molar-refractivity contribution is 7.09. The molecule has 1 aromatic heterocycles. The first-order valence-electron chi connectivity index (χ1n) is 4.92. The van der Waals surface area contributed by atoms with E-state index in [9.17, 15) is 0 Å². The molecule has 1 heterocycles. The second kappa shape index (κ2) is 6.11. The SMILES string of the molecule is CCC(NC(C)COC)c1nccs1. The van der Waals surface area contributed by atoms with E-state index in [4.69, 9.17) is 4.74 Å². The monoisotopic (exact) mass is 214 g/mol. The van der Waals surface area contributed by atoms with Crippen LogP contribution in [0.5, 0.6) is 0 Å². The fraction of sp³-hybridized carbons (Fsp3) is 0.700. The smallest absolute Gasteiger partial charge is 0.109 e. The van der Waals surface area contributed by atoms with Crippen LogP contribution in [0.1, 0.15) is 31.3 Å². The minimum absolute atomic E-state index is 0.361. The summed E-state index contributed by atoms with van der Waals surface area (Å²) in [6, 6.07) is 0.731. The second-order valence-corrected chi connectivity index (χ2v) is 4.28. The van der Waals surface area contributed by atoms with E-state index in [1.54, 1.807) is 18.4 Å². The van der Waals surface area contributed by atoms with E-state index in [0.29, 0.717) is 12.1 Å². The maximum absolute atomic E-state index is 5.09. The Hall–Kier alpha value is -0.450. The molecule has 2 atom stereocenters. The number of thiazole rings is 1. The summed E-state index contributed by atoms with van der Waals surface area (Å²) in [6.45, 7) is 5.03. The standard InChI is InChI=1S/C10H18N2OS/c1-4-9(10-11-5-6-14-10)12-8(2)7-13-3/h5-6,8-9,12H,4,7H2,1-3H3. The van der Waals surface area contributed by atoms with Gasteiger partial charge in [-0.05, 0) is 13.3 Å². The molecule has 1 rings (SSSR count). The van der Waals surface area contributed by atoms with E-state index in [2.05, 4.69) is 24.1 Å². The van der Waals surface area contributed by atoms with Gasteiger partial charge in [-0.1, -0.05) is 6.92 Å². The summed E-state index contributed by atoms with van der Waals surface area (Å²) in [5, 5.41) is 6.67. The van der Waals surface area contributed by atoms with Crippen molar-refractivity contribution >= 4 is 11.3 Å². The van der Waals surface area contributed by atoms with Gasteiger partial charge in [0, 0.05) is 24.7 Å². The van der Waals surface area contributed by atoms with Gasteiger partial charge < -0.3 is 10.1 Å². The van der Waals surface area contributed by atoms with Crippen molar-refractivity contribution in [1.82, 2.24) is 10.3 Å². The number of hydrogen-bond acceptors (Lipinski definition) is 4. The Labute approximate surface area is 89.5 Å². The molecule has 2 unspecified atom stereocenters. The van der Waals surface area contributed by atoms with Crippen molar-refractivity contribution in [2.75, 3.05) is 13.7 Å². The van der Waals surface area contributed by atoms with E-state index in [1.165, 1.54) is 0 Å². The number of methoxy groups -OCH3 is 1. The third-order valence-corrected chi connectivity index (χ3v) is 2.95. The first kappa shape index (κ1) is 11.6. The van der Waals surface area contributed by atoms with Gasteiger partial charge in [-0.15, -0.1) is 11.3 Å². The zero-order chi connectivity index (χ0) is 10.4. The molecular formula is C10H18N2OS. The maximum atomic E-state index is 5.09. The summed E-state index contributed by atoms with van der Waals surface area (Å²) in [5.74, 6) is 0. The van der Waals surface area contributed by atoms with Crippen LogP contribution in [0.25, 0.3) is 0 Å². The maximum Gasteiger partial charge on any atom is 0.109 e. The van der Waals surface area contributed by atoms with Crippen molar-refractivity contribution in [3.8, 4) is 0 Å². The van der Waals surface area contributed by atoms with Crippen LogP contribution in [0.15, 0.2) is 11.6 Å². The van der Waals surface area contributed by atoms with Crippen LogP contribution < -0.4 is 5.32 Å². The summed E-state index contributed by atoms with van der Waals surface area (Å²) >= 11 is 1.70. The fourth-order valence-electron chi connectivity index (χ4n) is 1.41. The zero-order valence-electron chi connectivity index (χ0n) is 8.99. The fourth-order valence-corrected chi connectivity index (χ4v) is 2.19. The van der Waals surface area contributed by atoms with E-state index in [1.807, 2.05) is 11.6 Å². The number of rotatable bonds is 6. The van der Waals surface area contributed by atoms with Gasteiger partial charge in [0.1, 0.15) is 5.01 Å². The van der Waals surface area contributed by atoms with Gasteiger partial charge in [0.05, 0.1) is 12.6 Å². The van der Waals surface area contributed by atoms with E-state index in [0.717, 1.165) is 18.0 Å². The van der Waals surface area contributed by atoms with Crippen molar-refractivity contribution < 1.29 is 4.74 Å². The van der Waals surface area contributed by atoms with Gasteiger partial charge >= 0.3 is 0 Å². The van der Waals surface area contributed by atoms with Gasteiger partial charge in [0.2, 0.25) is 0 Å². The third-order valence-electron chi connectivity index (χ3n) is 2.06. The predicted molar refractivity (Wildman–Crippen MR) is 59.6 cm³/mol. The molecule has 3 nitrogen and oxygen atoms in total. The minimum Gasteiger partial charge on any atom is -0.383 e. The topological polar surface area (TPSA) is 34.1 Å². The molecule has 4 heteroatoms. The lowest BCUT2D eigenvalue weighted by molar-refractivity contribution is 0.166. The van der Waals surface area contributed by atoms with Crippen molar-refractivity contribution in [1.29, 1.82) is 0 Å². The van der Waals surface area contributed by atoms with Crippen LogP contribution in [0, 0.1) is 0 Å². The molecule has 14 heavy (non-hydrogen) atoms. The normalized spacial score (nSPS) is 15.4. The van der Waals surface area contributed by atoms with Crippen molar-refractivity contribution in [2.24, 2.45) is 0 Å². The first-order valence-corrected chi connectivity index (χ1v) is 5.80. The van der Waals surface area contributed by atoms with E-state index in [-0.39, 0.29) is 0 Å². The van der Waals surface area contributed by atoms with Gasteiger partial charge in [-0.2, -0.15) is 0 Å². The van der Waals surface area contributed by atoms with Gasteiger partial charge in [-0.3, -0.25) is 0 Å². The zero-order valence-corrected chi connectivity index (χ0v) is 9.80. The Morgan fingerprint density at radius 1 is 1.64 bits per heavy atom. The highest BCUT2D eigenvalue weighted by atomic mass is 32.1.